The molecule has 0 spiro atoms. The summed E-state index contributed by atoms with van der Waals surface area (Å²) in [5, 5.41) is 2.32. The minimum absolute atomic E-state index is 0.0421. The molecule has 3 rings (SSSR count). The number of piperidine rings is 1. The van der Waals surface area contributed by atoms with Gasteiger partial charge in [0, 0.05) is 50.6 Å². The summed E-state index contributed by atoms with van der Waals surface area (Å²) in [6.45, 7) is 4.34. The van der Waals surface area contributed by atoms with E-state index in [1.807, 2.05) is 0 Å². The fraction of sp³-hybridized carbons (Fsp3) is 0.400. The summed E-state index contributed by atoms with van der Waals surface area (Å²) in [7, 11) is -1.95. The van der Waals surface area contributed by atoms with Crippen molar-refractivity contribution in [3.63, 3.8) is 0 Å². The van der Waals surface area contributed by atoms with Gasteiger partial charge in [-0.15, -0.1) is 0 Å². The normalized spacial score (nSPS) is 17.5. The van der Waals surface area contributed by atoms with Crippen LogP contribution in [0.3, 0.4) is 0 Å². The van der Waals surface area contributed by atoms with Gasteiger partial charge in [0.25, 0.3) is 5.91 Å². The van der Waals surface area contributed by atoms with Crippen molar-refractivity contribution in [2.75, 3.05) is 18.4 Å². The van der Waals surface area contributed by atoms with Crippen molar-refractivity contribution >= 4 is 28.5 Å². The largest absolute Gasteiger partial charge is 0.341 e. The highest BCUT2D eigenvalue weighted by molar-refractivity contribution is 7.83. The Bertz CT molecular complexity index is 1030. The molecule has 0 aliphatic carbocycles. The predicted molar refractivity (Wildman–Crippen MR) is 109 cm³/mol. The number of aryl methyl sites for hydroxylation is 1. The molecule has 31 heavy (non-hydrogen) atoms. The third kappa shape index (κ3) is 5.16. The molecular weight excluding hydrogens is 433 g/mol. The molecule has 1 saturated heterocycles. The summed E-state index contributed by atoms with van der Waals surface area (Å²) in [6, 6.07) is 2.51. The van der Waals surface area contributed by atoms with Gasteiger partial charge in [-0.3, -0.25) is 9.59 Å². The van der Waals surface area contributed by atoms with Gasteiger partial charge in [0.05, 0.1) is 0 Å². The Hall–Kier alpha value is -2.66. The van der Waals surface area contributed by atoms with E-state index < -0.39 is 34.3 Å². The molecule has 2 unspecified atom stereocenters. The summed E-state index contributed by atoms with van der Waals surface area (Å²) in [5.41, 5.74) is -0.411. The van der Waals surface area contributed by atoms with Gasteiger partial charge in [-0.25, -0.2) is 22.1 Å². The van der Waals surface area contributed by atoms with E-state index >= 15 is 4.39 Å². The first-order valence-electron chi connectivity index (χ1n) is 9.79. The Labute approximate surface area is 180 Å². The maximum absolute atomic E-state index is 15.1. The second-order valence-corrected chi connectivity index (χ2v) is 8.43. The van der Waals surface area contributed by atoms with Gasteiger partial charge in [-0.1, -0.05) is 0 Å². The average Bonchev–Trinajstić information content (AvgIpc) is 3.07. The Kier molecular flexibility index (Phi) is 7.16. The molecule has 2 amide bonds. The maximum atomic E-state index is 15.1. The van der Waals surface area contributed by atoms with Crippen LogP contribution in [0.15, 0.2) is 29.3 Å². The number of nitrogens with zero attached hydrogens (tertiary/aromatic N) is 2. The molecule has 0 radical (unpaired) electrons. The van der Waals surface area contributed by atoms with E-state index in [1.54, 1.807) is 11.8 Å². The van der Waals surface area contributed by atoms with Crippen LogP contribution in [0.1, 0.15) is 37.2 Å². The zero-order valence-electron chi connectivity index (χ0n) is 17.1. The molecule has 2 N–H and O–H groups in total. The summed E-state index contributed by atoms with van der Waals surface area (Å²) in [6.07, 6.45) is 2.69. The van der Waals surface area contributed by atoms with E-state index in [4.69, 9.17) is 0 Å². The molecule has 1 fully saturated rings. The lowest BCUT2D eigenvalue weighted by atomic mass is 10.1. The van der Waals surface area contributed by atoms with Crippen molar-refractivity contribution in [1.82, 2.24) is 14.2 Å². The van der Waals surface area contributed by atoms with E-state index in [1.165, 1.54) is 17.7 Å². The van der Waals surface area contributed by atoms with Gasteiger partial charge in [0.1, 0.15) is 21.6 Å². The molecule has 1 aliphatic heterocycles. The van der Waals surface area contributed by atoms with Crippen molar-refractivity contribution < 1.29 is 27.0 Å². The maximum Gasteiger partial charge on any atom is 0.275 e. The number of benzene rings is 1. The van der Waals surface area contributed by atoms with Crippen LogP contribution < -0.4 is 10.0 Å². The SMILES string of the molecule is CCn1cc(S(=O)NC2CCCN(C(C)=O)C2)c(F)c1C(=O)Nc1ccc(F)c(F)c1. The predicted octanol–water partition coefficient (Wildman–Crippen LogP) is 2.80. The van der Waals surface area contributed by atoms with E-state index in [0.717, 1.165) is 24.6 Å². The lowest BCUT2D eigenvalue weighted by Gasteiger charge is -2.32. The number of nitrogens with one attached hydrogen (secondary N) is 2. The number of carbonyl (C=O) groups is 2. The van der Waals surface area contributed by atoms with Gasteiger partial charge in [0.15, 0.2) is 17.5 Å². The summed E-state index contributed by atoms with van der Waals surface area (Å²) < 4.78 is 58.4. The van der Waals surface area contributed by atoms with Gasteiger partial charge in [-0.05, 0) is 31.9 Å². The molecule has 7 nitrogen and oxygen atoms in total. The van der Waals surface area contributed by atoms with Crippen LogP contribution in [0.5, 0.6) is 0 Å². The standard InChI is InChI=1S/C20H23F3N4O3S/c1-3-26-11-17(31(30)25-14-5-4-8-27(10-14)12(2)28)18(23)19(26)20(29)24-13-6-7-15(21)16(22)9-13/h6-7,9,11,14,25H,3-5,8,10H2,1-2H3,(H,24,29). The first-order valence-corrected chi connectivity index (χ1v) is 10.9. The number of likely N-dealkylation sites (tertiary alicyclic amines) is 1. The first kappa shape index (κ1) is 23.0. The third-order valence-electron chi connectivity index (χ3n) is 5.06. The molecule has 2 atom stereocenters. The lowest BCUT2D eigenvalue weighted by Crippen LogP contribution is -2.47. The number of anilines is 1. The van der Waals surface area contributed by atoms with Crippen LogP contribution in [0, 0.1) is 17.5 Å². The molecule has 1 aromatic carbocycles. The second kappa shape index (κ2) is 9.65. The average molecular weight is 456 g/mol. The number of rotatable bonds is 6. The Balaban J connectivity index is 1.78. The van der Waals surface area contributed by atoms with Gasteiger partial charge in [-0.2, -0.15) is 0 Å². The van der Waals surface area contributed by atoms with Crippen LogP contribution >= 0.6 is 0 Å². The minimum atomic E-state index is -1.95. The van der Waals surface area contributed by atoms with Crippen molar-refractivity contribution in [2.24, 2.45) is 0 Å². The summed E-state index contributed by atoms with van der Waals surface area (Å²) in [5.74, 6) is -4.16. The quantitative estimate of drug-likeness (QED) is 0.701. The highest BCUT2D eigenvalue weighted by Crippen LogP contribution is 2.22. The van der Waals surface area contributed by atoms with Gasteiger partial charge < -0.3 is 14.8 Å². The van der Waals surface area contributed by atoms with E-state index in [2.05, 4.69) is 10.0 Å². The molecule has 1 aromatic heterocycles. The smallest absolute Gasteiger partial charge is 0.275 e. The molecule has 11 heteroatoms. The number of aromatic nitrogens is 1. The second-order valence-electron chi connectivity index (χ2n) is 7.22. The Morgan fingerprint density at radius 2 is 1.97 bits per heavy atom. The molecule has 2 aromatic rings. The number of hydrogen-bond acceptors (Lipinski definition) is 3. The molecule has 168 valence electrons. The van der Waals surface area contributed by atoms with Crippen LogP contribution in [0.2, 0.25) is 0 Å². The zero-order valence-corrected chi connectivity index (χ0v) is 17.9. The van der Waals surface area contributed by atoms with E-state index in [-0.39, 0.29) is 34.8 Å². The van der Waals surface area contributed by atoms with Crippen molar-refractivity contribution in [2.45, 2.75) is 44.2 Å². The van der Waals surface area contributed by atoms with E-state index in [9.17, 15) is 22.6 Å². The van der Waals surface area contributed by atoms with Crippen LogP contribution in [0.4, 0.5) is 18.9 Å². The van der Waals surface area contributed by atoms with E-state index in [0.29, 0.717) is 19.5 Å². The molecule has 1 aliphatic rings. The van der Waals surface area contributed by atoms with Gasteiger partial charge >= 0.3 is 0 Å². The molecular formula is C20H23F3N4O3S. The number of amides is 2. The van der Waals surface area contributed by atoms with Gasteiger partial charge in [0.2, 0.25) is 5.91 Å². The fourth-order valence-electron chi connectivity index (χ4n) is 3.45. The van der Waals surface area contributed by atoms with Crippen LogP contribution in [-0.4, -0.2) is 44.6 Å². The Morgan fingerprint density at radius 1 is 1.23 bits per heavy atom. The molecule has 0 bridgehead atoms. The monoisotopic (exact) mass is 456 g/mol. The fourth-order valence-corrected chi connectivity index (χ4v) is 4.56. The first-order chi connectivity index (χ1) is 14.7. The van der Waals surface area contributed by atoms with Crippen molar-refractivity contribution in [3.05, 3.63) is 47.5 Å². The number of halogens is 3. The number of carbonyl (C=O) groups excluding carboxylic acids is 2. The lowest BCUT2D eigenvalue weighted by molar-refractivity contribution is -0.130. The minimum Gasteiger partial charge on any atom is -0.341 e. The van der Waals surface area contributed by atoms with Crippen molar-refractivity contribution in [3.8, 4) is 0 Å². The molecule has 0 saturated carbocycles. The van der Waals surface area contributed by atoms with Crippen molar-refractivity contribution in [1.29, 1.82) is 0 Å². The molecule has 2 heterocycles. The third-order valence-corrected chi connectivity index (χ3v) is 6.29. The Morgan fingerprint density at radius 3 is 2.61 bits per heavy atom. The number of hydrogen-bond donors (Lipinski definition) is 2. The zero-order chi connectivity index (χ0) is 22.7. The highest BCUT2D eigenvalue weighted by Gasteiger charge is 2.28. The summed E-state index contributed by atoms with van der Waals surface area (Å²) >= 11 is 0. The highest BCUT2D eigenvalue weighted by atomic mass is 32.2. The van der Waals surface area contributed by atoms with Crippen LogP contribution in [-0.2, 0) is 22.3 Å². The topological polar surface area (TPSA) is 83.4 Å². The van der Waals surface area contributed by atoms with Crippen LogP contribution in [0.25, 0.3) is 0 Å². The summed E-state index contributed by atoms with van der Waals surface area (Å²) in [4.78, 5) is 25.6.